The van der Waals surface area contributed by atoms with Crippen molar-refractivity contribution in [3.05, 3.63) is 87.6 Å². The lowest BCUT2D eigenvalue weighted by molar-refractivity contribution is -0.114. The maximum atomic E-state index is 12.6. The van der Waals surface area contributed by atoms with Gasteiger partial charge in [0, 0.05) is 0 Å². The molecule has 1 amide bonds. The highest BCUT2D eigenvalue weighted by atomic mass is 32.2. The van der Waals surface area contributed by atoms with Crippen LogP contribution in [0.15, 0.2) is 81.7 Å². The van der Waals surface area contributed by atoms with Crippen LogP contribution in [0.2, 0.25) is 0 Å². The van der Waals surface area contributed by atoms with Gasteiger partial charge in [0.15, 0.2) is 5.84 Å². The number of hydrazone groups is 1. The first-order chi connectivity index (χ1) is 16.6. The topological polar surface area (TPSA) is 87.3 Å². The van der Waals surface area contributed by atoms with Gasteiger partial charge >= 0.3 is 0 Å². The van der Waals surface area contributed by atoms with Crippen LogP contribution >= 0.6 is 23.1 Å². The molecule has 5 rings (SSSR count). The molecule has 9 heteroatoms. The molecular weight excluding hydrogens is 468 g/mol. The Balaban J connectivity index is 1.22. The predicted octanol–water partition coefficient (Wildman–Crippen LogP) is 5.18. The van der Waals surface area contributed by atoms with E-state index in [9.17, 15) is 4.79 Å². The molecule has 0 aliphatic carbocycles. The summed E-state index contributed by atoms with van der Waals surface area (Å²) in [4.78, 5) is 17.7. The van der Waals surface area contributed by atoms with Crippen molar-refractivity contribution in [2.24, 2.45) is 10.1 Å². The fourth-order valence-electron chi connectivity index (χ4n) is 3.35. The van der Waals surface area contributed by atoms with Crippen LogP contribution in [0.5, 0.6) is 11.5 Å². The zero-order chi connectivity index (χ0) is 23.5. The first-order valence-electron chi connectivity index (χ1n) is 10.5. The van der Waals surface area contributed by atoms with Gasteiger partial charge in [0.05, 0.1) is 10.5 Å². The van der Waals surface area contributed by atoms with Crippen molar-refractivity contribution in [1.82, 2.24) is 5.01 Å². The van der Waals surface area contributed by atoms with Crippen molar-refractivity contribution in [2.75, 3.05) is 13.2 Å². The molecule has 3 heterocycles. The third-order valence-electron chi connectivity index (χ3n) is 5.08. The Labute approximate surface area is 204 Å². The highest BCUT2D eigenvalue weighted by Gasteiger charge is 2.36. The predicted molar refractivity (Wildman–Crippen MR) is 137 cm³/mol. The standard InChI is InChI=1S/C25H20N4O3S2/c1-16-5-2-3-6-20(16)32-13-12-31-18-10-8-17(9-11-18)15-19-22(26)29-25(27-23(19)30)34-24(28-29)21-7-4-14-33-21/h2-11,14-15,26H,12-13H2,1H3/b19-15-,26-22?. The Morgan fingerprint density at radius 1 is 1.03 bits per heavy atom. The molecule has 0 radical (unpaired) electrons. The lowest BCUT2D eigenvalue weighted by atomic mass is 10.1. The van der Waals surface area contributed by atoms with Crippen LogP contribution < -0.4 is 9.47 Å². The molecular formula is C25H20N4O3S2. The summed E-state index contributed by atoms with van der Waals surface area (Å²) in [7, 11) is 0. The van der Waals surface area contributed by atoms with Gasteiger partial charge in [0.25, 0.3) is 5.91 Å². The monoisotopic (exact) mass is 488 g/mol. The summed E-state index contributed by atoms with van der Waals surface area (Å²) in [6.45, 7) is 2.85. The number of ether oxygens (including phenoxy) is 2. The maximum absolute atomic E-state index is 12.6. The molecule has 0 spiro atoms. The highest BCUT2D eigenvalue weighted by molar-refractivity contribution is 8.27. The van der Waals surface area contributed by atoms with Gasteiger partial charge in [0.1, 0.15) is 29.8 Å². The third kappa shape index (κ3) is 4.66. The van der Waals surface area contributed by atoms with Crippen LogP contribution in [0.4, 0.5) is 0 Å². The SMILES string of the molecule is Cc1ccccc1OCCOc1ccc(/C=C2/C(=N)N3N=C(c4cccs4)SC3=NC2=O)cc1. The minimum atomic E-state index is -0.444. The zero-order valence-electron chi connectivity index (χ0n) is 18.2. The highest BCUT2D eigenvalue weighted by Crippen LogP contribution is 2.32. The number of amidine groups is 2. The number of nitrogens with zero attached hydrogens (tertiary/aromatic N) is 3. The minimum Gasteiger partial charge on any atom is -0.490 e. The Morgan fingerprint density at radius 2 is 1.82 bits per heavy atom. The summed E-state index contributed by atoms with van der Waals surface area (Å²) < 4.78 is 11.5. The molecule has 0 atom stereocenters. The Morgan fingerprint density at radius 3 is 2.59 bits per heavy atom. The number of aryl methyl sites for hydroxylation is 1. The number of hydrogen-bond acceptors (Lipinski definition) is 7. The van der Waals surface area contributed by atoms with Crippen LogP contribution in [-0.4, -0.2) is 40.2 Å². The lowest BCUT2D eigenvalue weighted by Gasteiger charge is -2.20. The maximum Gasteiger partial charge on any atom is 0.283 e. The summed E-state index contributed by atoms with van der Waals surface area (Å²) >= 11 is 2.86. The Bertz CT molecular complexity index is 1330. The number of aliphatic imine (C=N–C) groups is 1. The normalized spacial score (nSPS) is 16.4. The van der Waals surface area contributed by atoms with Gasteiger partial charge < -0.3 is 9.47 Å². The number of fused-ring (bicyclic) bond motifs is 1. The summed E-state index contributed by atoms with van der Waals surface area (Å²) in [6, 6.07) is 19.1. The quantitative estimate of drug-likeness (QED) is 0.366. The van der Waals surface area contributed by atoms with E-state index < -0.39 is 5.91 Å². The third-order valence-corrected chi connectivity index (χ3v) is 7.03. The van der Waals surface area contributed by atoms with Gasteiger partial charge in [-0.15, -0.1) is 11.3 Å². The van der Waals surface area contributed by atoms with E-state index in [1.54, 1.807) is 17.4 Å². The van der Waals surface area contributed by atoms with Crippen LogP contribution in [0, 0.1) is 12.3 Å². The van der Waals surface area contributed by atoms with E-state index in [2.05, 4.69) is 10.1 Å². The number of carbonyl (C=O) groups excluding carboxylic acids is 1. The average Bonchev–Trinajstić information content (AvgIpc) is 3.52. The number of thiophene rings is 1. The number of amides is 1. The molecule has 170 valence electrons. The lowest BCUT2D eigenvalue weighted by Crippen LogP contribution is -2.35. The van der Waals surface area contributed by atoms with Crippen molar-refractivity contribution in [3.8, 4) is 11.5 Å². The number of carbonyl (C=O) groups is 1. The molecule has 34 heavy (non-hydrogen) atoms. The largest absolute Gasteiger partial charge is 0.490 e. The van der Waals surface area contributed by atoms with Crippen LogP contribution in [0.3, 0.4) is 0 Å². The van der Waals surface area contributed by atoms with E-state index in [-0.39, 0.29) is 11.4 Å². The van der Waals surface area contributed by atoms with E-state index in [4.69, 9.17) is 14.9 Å². The van der Waals surface area contributed by atoms with Gasteiger partial charge in [-0.1, -0.05) is 36.4 Å². The average molecular weight is 489 g/mol. The second kappa shape index (κ2) is 9.66. The van der Waals surface area contributed by atoms with Crippen molar-refractivity contribution in [1.29, 1.82) is 5.41 Å². The van der Waals surface area contributed by atoms with Crippen molar-refractivity contribution in [2.45, 2.75) is 6.92 Å². The van der Waals surface area contributed by atoms with E-state index in [1.807, 2.05) is 73.0 Å². The number of nitrogens with one attached hydrogen (secondary N) is 1. The van der Waals surface area contributed by atoms with Gasteiger partial charge in [-0.25, -0.2) is 0 Å². The molecule has 2 aliphatic rings. The van der Waals surface area contributed by atoms with Crippen molar-refractivity contribution in [3.63, 3.8) is 0 Å². The number of thioether (sulfide) groups is 1. The van der Waals surface area contributed by atoms with Crippen LogP contribution in [-0.2, 0) is 4.79 Å². The number of rotatable bonds is 7. The fourth-order valence-corrected chi connectivity index (χ4v) is 5.03. The van der Waals surface area contributed by atoms with Crippen molar-refractivity contribution >= 4 is 51.1 Å². The summed E-state index contributed by atoms with van der Waals surface area (Å²) in [5.74, 6) is 1.12. The second-order valence-electron chi connectivity index (χ2n) is 7.43. The fraction of sp³-hybridized carbons (Fsp3) is 0.120. The van der Waals surface area contributed by atoms with Gasteiger partial charge in [0.2, 0.25) is 5.17 Å². The molecule has 0 fully saturated rings. The van der Waals surface area contributed by atoms with Gasteiger partial charge in [-0.2, -0.15) is 15.1 Å². The Hall–Kier alpha value is -3.69. The molecule has 0 bridgehead atoms. The summed E-state index contributed by atoms with van der Waals surface area (Å²) in [5.41, 5.74) is 2.05. The molecule has 7 nitrogen and oxygen atoms in total. The van der Waals surface area contributed by atoms with Crippen molar-refractivity contribution < 1.29 is 14.3 Å². The molecule has 1 aromatic heterocycles. The summed E-state index contributed by atoms with van der Waals surface area (Å²) in [5, 5.41) is 17.5. The van der Waals surface area contributed by atoms with Crippen LogP contribution in [0.1, 0.15) is 16.0 Å². The molecule has 0 saturated carbocycles. The smallest absolute Gasteiger partial charge is 0.283 e. The Kier molecular flexibility index (Phi) is 6.29. The van der Waals surface area contributed by atoms with E-state index in [1.165, 1.54) is 16.8 Å². The molecule has 2 aromatic carbocycles. The number of para-hydroxylation sites is 1. The second-order valence-corrected chi connectivity index (χ2v) is 9.34. The van der Waals surface area contributed by atoms with E-state index in [0.29, 0.717) is 24.1 Å². The van der Waals surface area contributed by atoms with Gasteiger partial charge in [-0.05, 0) is 65.5 Å². The van der Waals surface area contributed by atoms with E-state index in [0.717, 1.165) is 26.8 Å². The molecule has 1 N–H and O–H groups in total. The van der Waals surface area contributed by atoms with Gasteiger partial charge in [-0.3, -0.25) is 10.2 Å². The van der Waals surface area contributed by atoms with E-state index >= 15 is 0 Å². The van der Waals surface area contributed by atoms with Crippen LogP contribution in [0.25, 0.3) is 6.08 Å². The zero-order valence-corrected chi connectivity index (χ0v) is 19.9. The summed E-state index contributed by atoms with van der Waals surface area (Å²) in [6.07, 6.45) is 1.65. The molecule has 0 unspecified atom stereocenters. The number of hydrogen-bond donors (Lipinski definition) is 1. The minimum absolute atomic E-state index is 0.0164. The molecule has 3 aromatic rings. The first kappa shape index (κ1) is 22.1. The molecule has 2 aliphatic heterocycles. The number of benzene rings is 2. The first-order valence-corrected chi connectivity index (χ1v) is 12.2. The molecule has 0 saturated heterocycles.